The summed E-state index contributed by atoms with van der Waals surface area (Å²) in [4.78, 5) is 14.4. The lowest BCUT2D eigenvalue weighted by Crippen LogP contribution is -2.38. The van der Waals surface area contributed by atoms with Gasteiger partial charge in [0.25, 0.3) is 0 Å². The number of rotatable bonds is 3. The fourth-order valence-electron chi connectivity index (χ4n) is 1.50. The summed E-state index contributed by atoms with van der Waals surface area (Å²) in [7, 11) is 0. The van der Waals surface area contributed by atoms with Crippen LogP contribution in [-0.2, 0) is 11.2 Å². The molecule has 1 aliphatic heterocycles. The van der Waals surface area contributed by atoms with Gasteiger partial charge in [-0.3, -0.25) is 0 Å². The molecule has 14 heavy (non-hydrogen) atoms. The first-order chi connectivity index (χ1) is 6.86. The normalized spacial score (nSPS) is 16.9. The number of cyclic esters (lactones) is 1. The minimum atomic E-state index is -0.159. The number of carbonyl (C=O) groups is 1. The molecule has 0 N–H and O–H groups in total. The second-order valence-corrected chi connectivity index (χ2v) is 4.32. The van der Waals surface area contributed by atoms with Crippen molar-refractivity contribution in [3.05, 3.63) is 22.4 Å². The van der Waals surface area contributed by atoms with Crippen LogP contribution in [-0.4, -0.2) is 30.7 Å². The Kier molecular flexibility index (Phi) is 3.03. The average molecular weight is 211 g/mol. The Bertz CT molecular complexity index is 297. The minimum Gasteiger partial charge on any atom is -0.449 e. The van der Waals surface area contributed by atoms with Gasteiger partial charge in [0.2, 0.25) is 0 Å². The van der Waals surface area contributed by atoms with Crippen molar-refractivity contribution >= 4 is 17.4 Å². The van der Waals surface area contributed by atoms with Gasteiger partial charge in [0.1, 0.15) is 0 Å². The van der Waals surface area contributed by atoms with Gasteiger partial charge in [0.15, 0.2) is 0 Å². The van der Waals surface area contributed by atoms with Gasteiger partial charge >= 0.3 is 6.09 Å². The molecule has 0 aromatic carbocycles. The molecule has 0 atom stereocenters. The van der Waals surface area contributed by atoms with E-state index in [-0.39, 0.29) is 6.09 Å². The van der Waals surface area contributed by atoms with Gasteiger partial charge in [0.05, 0.1) is 6.61 Å². The molecule has 0 unspecified atom stereocenters. The van der Waals surface area contributed by atoms with E-state index in [1.54, 1.807) is 16.2 Å². The van der Waals surface area contributed by atoms with Gasteiger partial charge in [-0.2, -0.15) is 0 Å². The third-order valence-corrected chi connectivity index (χ3v) is 3.20. The molecule has 1 aromatic rings. The first-order valence-corrected chi connectivity index (χ1v) is 5.68. The molecule has 4 heteroatoms. The Morgan fingerprint density at radius 1 is 1.57 bits per heavy atom. The molecule has 0 spiro atoms. The Morgan fingerprint density at radius 3 is 3.21 bits per heavy atom. The molecular weight excluding hydrogens is 198 g/mol. The largest absolute Gasteiger partial charge is 0.449 e. The van der Waals surface area contributed by atoms with Crippen LogP contribution in [0.25, 0.3) is 0 Å². The third-order valence-electron chi connectivity index (χ3n) is 2.26. The predicted octanol–water partition coefficient (Wildman–Crippen LogP) is 2.13. The zero-order valence-electron chi connectivity index (χ0n) is 7.94. The van der Waals surface area contributed by atoms with Crippen molar-refractivity contribution in [1.29, 1.82) is 0 Å². The molecule has 0 aliphatic carbocycles. The summed E-state index contributed by atoms with van der Waals surface area (Å²) in [5.41, 5.74) is 0. The highest BCUT2D eigenvalue weighted by atomic mass is 32.1. The summed E-state index contributed by atoms with van der Waals surface area (Å²) in [5, 5.41) is 2.06. The highest BCUT2D eigenvalue weighted by molar-refractivity contribution is 7.09. The number of thiophene rings is 1. The van der Waals surface area contributed by atoms with Gasteiger partial charge < -0.3 is 9.64 Å². The Morgan fingerprint density at radius 2 is 2.50 bits per heavy atom. The third kappa shape index (κ3) is 2.26. The Balaban J connectivity index is 1.82. The summed E-state index contributed by atoms with van der Waals surface area (Å²) in [5.74, 6) is 0. The van der Waals surface area contributed by atoms with E-state index in [4.69, 9.17) is 4.74 Å². The molecule has 0 saturated carbocycles. The van der Waals surface area contributed by atoms with Crippen molar-refractivity contribution in [1.82, 2.24) is 4.90 Å². The van der Waals surface area contributed by atoms with Crippen LogP contribution in [0.2, 0.25) is 0 Å². The average Bonchev–Trinajstić information content (AvgIpc) is 2.69. The standard InChI is InChI=1S/C10H13NO2S/c12-10-11(5-2-7-13-10)6-4-9-3-1-8-14-9/h1,3,8H,2,4-7H2. The number of hydrogen-bond acceptors (Lipinski definition) is 3. The first kappa shape index (κ1) is 9.52. The molecule has 0 radical (unpaired) electrons. The summed E-state index contributed by atoms with van der Waals surface area (Å²) in [6.45, 7) is 2.19. The molecule has 1 aliphatic rings. The van der Waals surface area contributed by atoms with E-state index in [1.165, 1.54) is 4.88 Å². The number of carbonyl (C=O) groups excluding carboxylic acids is 1. The maximum atomic E-state index is 11.3. The van der Waals surface area contributed by atoms with Gasteiger partial charge in [-0.05, 0) is 24.3 Å². The van der Waals surface area contributed by atoms with Gasteiger partial charge in [-0.1, -0.05) is 6.07 Å². The zero-order valence-corrected chi connectivity index (χ0v) is 8.76. The topological polar surface area (TPSA) is 29.5 Å². The van der Waals surface area contributed by atoms with Crippen LogP contribution < -0.4 is 0 Å². The van der Waals surface area contributed by atoms with E-state index in [0.717, 1.165) is 25.9 Å². The van der Waals surface area contributed by atoms with Crippen LogP contribution in [0.3, 0.4) is 0 Å². The molecule has 0 bridgehead atoms. The highest BCUT2D eigenvalue weighted by Crippen LogP contribution is 2.11. The molecule has 3 nitrogen and oxygen atoms in total. The predicted molar refractivity (Wildman–Crippen MR) is 55.6 cm³/mol. The lowest BCUT2D eigenvalue weighted by Gasteiger charge is -2.25. The van der Waals surface area contributed by atoms with Gasteiger partial charge in [0, 0.05) is 18.0 Å². The van der Waals surface area contributed by atoms with Crippen LogP contribution >= 0.6 is 11.3 Å². The lowest BCUT2D eigenvalue weighted by atomic mass is 10.3. The van der Waals surface area contributed by atoms with Gasteiger partial charge in [-0.15, -0.1) is 11.3 Å². The molecule has 1 saturated heterocycles. The molecule has 2 rings (SSSR count). The molecule has 2 heterocycles. The Hall–Kier alpha value is -1.03. The van der Waals surface area contributed by atoms with Crippen LogP contribution in [0.4, 0.5) is 4.79 Å². The smallest absolute Gasteiger partial charge is 0.409 e. The fourth-order valence-corrected chi connectivity index (χ4v) is 2.20. The fraction of sp³-hybridized carbons (Fsp3) is 0.500. The number of ether oxygens (including phenoxy) is 1. The molecule has 1 amide bonds. The first-order valence-electron chi connectivity index (χ1n) is 4.80. The van der Waals surface area contributed by atoms with Crippen molar-refractivity contribution in [2.75, 3.05) is 19.7 Å². The van der Waals surface area contributed by atoms with Crippen molar-refractivity contribution in [3.63, 3.8) is 0 Å². The van der Waals surface area contributed by atoms with E-state index in [1.807, 2.05) is 6.07 Å². The monoisotopic (exact) mass is 211 g/mol. The number of nitrogens with zero attached hydrogens (tertiary/aromatic N) is 1. The Labute approximate surface area is 87.3 Å². The molecule has 76 valence electrons. The van der Waals surface area contributed by atoms with E-state index in [2.05, 4.69) is 11.4 Å². The lowest BCUT2D eigenvalue weighted by molar-refractivity contribution is 0.0735. The van der Waals surface area contributed by atoms with Crippen molar-refractivity contribution < 1.29 is 9.53 Å². The summed E-state index contributed by atoms with van der Waals surface area (Å²) >= 11 is 1.73. The number of amides is 1. The summed E-state index contributed by atoms with van der Waals surface area (Å²) in [6.07, 6.45) is 1.73. The highest BCUT2D eigenvalue weighted by Gasteiger charge is 2.18. The maximum absolute atomic E-state index is 11.3. The quantitative estimate of drug-likeness (QED) is 0.766. The van der Waals surface area contributed by atoms with Gasteiger partial charge in [-0.25, -0.2) is 4.79 Å². The van der Waals surface area contributed by atoms with E-state index >= 15 is 0 Å². The molecule has 1 aromatic heterocycles. The maximum Gasteiger partial charge on any atom is 0.409 e. The van der Waals surface area contributed by atoms with Crippen LogP contribution in [0, 0.1) is 0 Å². The van der Waals surface area contributed by atoms with Crippen LogP contribution in [0.5, 0.6) is 0 Å². The van der Waals surface area contributed by atoms with E-state index in [9.17, 15) is 4.79 Å². The van der Waals surface area contributed by atoms with E-state index in [0.29, 0.717) is 6.61 Å². The zero-order chi connectivity index (χ0) is 9.80. The van der Waals surface area contributed by atoms with Crippen LogP contribution in [0.1, 0.15) is 11.3 Å². The molecular formula is C10H13NO2S. The van der Waals surface area contributed by atoms with Crippen molar-refractivity contribution in [2.45, 2.75) is 12.8 Å². The van der Waals surface area contributed by atoms with Crippen LogP contribution in [0.15, 0.2) is 17.5 Å². The number of hydrogen-bond donors (Lipinski definition) is 0. The SMILES string of the molecule is O=C1OCCCN1CCc1cccs1. The van der Waals surface area contributed by atoms with E-state index < -0.39 is 0 Å². The second-order valence-electron chi connectivity index (χ2n) is 3.28. The molecule has 1 fully saturated rings. The summed E-state index contributed by atoms with van der Waals surface area (Å²) in [6, 6.07) is 4.13. The second kappa shape index (κ2) is 4.46. The summed E-state index contributed by atoms with van der Waals surface area (Å²) < 4.78 is 4.95. The van der Waals surface area contributed by atoms with Crippen molar-refractivity contribution in [3.8, 4) is 0 Å². The van der Waals surface area contributed by atoms with Crippen molar-refractivity contribution in [2.24, 2.45) is 0 Å². The minimum absolute atomic E-state index is 0.159.